The van der Waals surface area contributed by atoms with Gasteiger partial charge in [0.25, 0.3) is 0 Å². The molecule has 0 saturated heterocycles. The van der Waals surface area contributed by atoms with Crippen LogP contribution in [0.15, 0.2) is 47.8 Å². The van der Waals surface area contributed by atoms with E-state index >= 15 is 0 Å². The molecule has 2 heterocycles. The van der Waals surface area contributed by atoms with Crippen LogP contribution in [-0.4, -0.2) is 35.1 Å². The zero-order valence-electron chi connectivity index (χ0n) is 16.1. The molecule has 0 aliphatic rings. The lowest BCUT2D eigenvalue weighted by molar-refractivity contribution is 0.0316. The number of methoxy groups -OCH3 is 2. The molecular weight excluding hydrogens is 390 g/mol. The summed E-state index contributed by atoms with van der Waals surface area (Å²) in [6, 6.07) is 13.2. The topological polar surface area (TPSA) is 86.3 Å². The number of thiazole rings is 1. The number of aromatic nitrogens is 3. The van der Waals surface area contributed by atoms with Crippen LogP contribution in [0, 0.1) is 0 Å². The zero-order chi connectivity index (χ0) is 20.4. The summed E-state index contributed by atoms with van der Waals surface area (Å²) in [5, 5.41) is 2.37. The number of hydrogen-bond donors (Lipinski definition) is 1. The number of nitrogens with zero attached hydrogens (tertiary/aromatic N) is 2. The molecule has 4 rings (SSSR count). The molecule has 148 valence electrons. The maximum absolute atomic E-state index is 12.5. The molecule has 8 heteroatoms. The molecule has 0 radical (unpaired) electrons. The highest BCUT2D eigenvalue weighted by Gasteiger charge is 2.20. The number of aromatic amines is 1. The molecule has 0 aliphatic carbocycles. The molecule has 0 unspecified atom stereocenters. The fourth-order valence-electron chi connectivity index (χ4n) is 2.91. The van der Waals surface area contributed by atoms with Crippen molar-refractivity contribution < 1.29 is 19.0 Å². The quantitative estimate of drug-likeness (QED) is 0.468. The van der Waals surface area contributed by atoms with E-state index in [-0.39, 0.29) is 5.69 Å². The standard InChI is InChI=1S/C21H19N3O4S/c1-12(19-22-14-6-4-5-7-15(14)23-19)28-21(25)16-11-29-20(24-16)13-8-9-17(26-2)18(10-13)27-3/h4-12H,1-3H3,(H,22,23)/t12-/m1/s1. The monoisotopic (exact) mass is 409 g/mol. The highest BCUT2D eigenvalue weighted by molar-refractivity contribution is 7.13. The Morgan fingerprint density at radius 2 is 1.86 bits per heavy atom. The number of carbonyl (C=O) groups excluding carboxylic acids is 1. The summed E-state index contributed by atoms with van der Waals surface area (Å²) in [5.74, 6) is 1.32. The maximum atomic E-state index is 12.5. The van der Waals surface area contributed by atoms with Gasteiger partial charge in [-0.3, -0.25) is 0 Å². The molecule has 0 spiro atoms. The Morgan fingerprint density at radius 3 is 2.62 bits per heavy atom. The number of fused-ring (bicyclic) bond motifs is 1. The van der Waals surface area contributed by atoms with Crippen molar-refractivity contribution in [3.63, 3.8) is 0 Å². The number of imidazole rings is 1. The van der Waals surface area contributed by atoms with Gasteiger partial charge in [-0.05, 0) is 37.3 Å². The Labute approximate surface area is 171 Å². The van der Waals surface area contributed by atoms with E-state index < -0.39 is 12.1 Å². The molecule has 0 aliphatic heterocycles. The first-order valence-electron chi connectivity index (χ1n) is 8.92. The highest BCUT2D eigenvalue weighted by Crippen LogP contribution is 2.33. The Kier molecular flexibility index (Phi) is 5.18. The van der Waals surface area contributed by atoms with Crippen molar-refractivity contribution >= 4 is 28.3 Å². The second kappa shape index (κ2) is 7.92. The van der Waals surface area contributed by atoms with Crippen molar-refractivity contribution in [2.75, 3.05) is 14.2 Å². The maximum Gasteiger partial charge on any atom is 0.358 e. The average molecular weight is 409 g/mol. The Morgan fingerprint density at radius 1 is 1.07 bits per heavy atom. The lowest BCUT2D eigenvalue weighted by atomic mass is 10.2. The molecule has 0 fully saturated rings. The first kappa shape index (κ1) is 18.9. The van der Waals surface area contributed by atoms with Crippen LogP contribution in [0.3, 0.4) is 0 Å². The van der Waals surface area contributed by atoms with Gasteiger partial charge in [0.1, 0.15) is 10.8 Å². The lowest BCUT2D eigenvalue weighted by Gasteiger charge is -2.09. The van der Waals surface area contributed by atoms with E-state index in [1.165, 1.54) is 11.3 Å². The van der Waals surface area contributed by atoms with Crippen LogP contribution >= 0.6 is 11.3 Å². The van der Waals surface area contributed by atoms with Crippen molar-refractivity contribution in [1.29, 1.82) is 0 Å². The van der Waals surface area contributed by atoms with Crippen molar-refractivity contribution in [3.8, 4) is 22.1 Å². The van der Waals surface area contributed by atoms with Gasteiger partial charge in [0, 0.05) is 10.9 Å². The first-order chi connectivity index (χ1) is 14.1. The van der Waals surface area contributed by atoms with Crippen molar-refractivity contribution in [2.45, 2.75) is 13.0 Å². The average Bonchev–Trinajstić information content (AvgIpc) is 3.40. The normalized spacial score (nSPS) is 12.0. The number of hydrogen-bond acceptors (Lipinski definition) is 7. The smallest absolute Gasteiger partial charge is 0.358 e. The van der Waals surface area contributed by atoms with Gasteiger partial charge in [0.2, 0.25) is 0 Å². The molecule has 1 atom stereocenters. The zero-order valence-corrected chi connectivity index (χ0v) is 16.9. The van der Waals surface area contributed by atoms with Gasteiger partial charge in [-0.2, -0.15) is 0 Å². The van der Waals surface area contributed by atoms with Crippen LogP contribution in [-0.2, 0) is 4.74 Å². The second-order valence-electron chi connectivity index (χ2n) is 6.29. The van der Waals surface area contributed by atoms with Crippen LogP contribution in [0.25, 0.3) is 21.6 Å². The van der Waals surface area contributed by atoms with Crippen LogP contribution in [0.1, 0.15) is 29.3 Å². The minimum atomic E-state index is -0.527. The van der Waals surface area contributed by atoms with Gasteiger partial charge < -0.3 is 19.2 Å². The molecule has 4 aromatic rings. The van der Waals surface area contributed by atoms with E-state index in [4.69, 9.17) is 14.2 Å². The molecule has 0 amide bonds. The van der Waals surface area contributed by atoms with Crippen LogP contribution in [0.5, 0.6) is 11.5 Å². The number of nitrogens with one attached hydrogen (secondary N) is 1. The van der Waals surface area contributed by atoms with Gasteiger partial charge in [-0.25, -0.2) is 14.8 Å². The number of benzene rings is 2. The fraction of sp³-hybridized carbons (Fsp3) is 0.190. The van der Waals surface area contributed by atoms with Crippen LogP contribution < -0.4 is 9.47 Å². The Hall–Kier alpha value is -3.39. The Balaban J connectivity index is 1.51. The van der Waals surface area contributed by atoms with Crippen LogP contribution in [0.2, 0.25) is 0 Å². The molecule has 2 aromatic heterocycles. The lowest BCUT2D eigenvalue weighted by Crippen LogP contribution is -2.10. The summed E-state index contributed by atoms with van der Waals surface area (Å²) in [7, 11) is 3.16. The van der Waals surface area contributed by atoms with E-state index in [0.29, 0.717) is 22.3 Å². The molecule has 0 saturated carbocycles. The number of rotatable bonds is 6. The first-order valence-corrected chi connectivity index (χ1v) is 9.80. The van der Waals surface area contributed by atoms with Crippen molar-refractivity contribution in [3.05, 3.63) is 59.4 Å². The predicted molar refractivity (Wildman–Crippen MR) is 111 cm³/mol. The largest absolute Gasteiger partial charge is 0.493 e. The third-order valence-corrected chi connectivity index (χ3v) is 5.31. The molecule has 2 aromatic carbocycles. The number of para-hydroxylation sites is 2. The number of ether oxygens (including phenoxy) is 3. The summed E-state index contributed by atoms with van der Waals surface area (Å²) >= 11 is 1.36. The Bertz CT molecular complexity index is 1130. The minimum absolute atomic E-state index is 0.253. The minimum Gasteiger partial charge on any atom is -0.493 e. The summed E-state index contributed by atoms with van der Waals surface area (Å²) in [5.41, 5.74) is 2.81. The molecular formula is C21H19N3O4S. The summed E-state index contributed by atoms with van der Waals surface area (Å²) < 4.78 is 16.1. The molecule has 1 N–H and O–H groups in total. The fourth-order valence-corrected chi connectivity index (χ4v) is 3.70. The van der Waals surface area contributed by atoms with E-state index in [0.717, 1.165) is 16.6 Å². The summed E-state index contributed by atoms with van der Waals surface area (Å²) in [6.45, 7) is 1.78. The molecule has 0 bridgehead atoms. The SMILES string of the molecule is COc1ccc(-c2nc(C(=O)O[C@H](C)c3nc4ccccc4[nH]3)cs2)cc1OC. The number of carbonyl (C=O) groups is 1. The third-order valence-electron chi connectivity index (χ3n) is 4.42. The number of esters is 1. The van der Waals surface area contributed by atoms with E-state index in [2.05, 4.69) is 15.0 Å². The van der Waals surface area contributed by atoms with E-state index in [1.807, 2.05) is 36.4 Å². The van der Waals surface area contributed by atoms with Crippen molar-refractivity contribution in [1.82, 2.24) is 15.0 Å². The van der Waals surface area contributed by atoms with Crippen molar-refractivity contribution in [2.24, 2.45) is 0 Å². The van der Waals surface area contributed by atoms with Crippen LogP contribution in [0.4, 0.5) is 0 Å². The predicted octanol–water partition coefficient (Wildman–Crippen LogP) is 4.62. The van der Waals surface area contributed by atoms with E-state index in [9.17, 15) is 4.79 Å². The van der Waals surface area contributed by atoms with Gasteiger partial charge in [-0.1, -0.05) is 12.1 Å². The highest BCUT2D eigenvalue weighted by atomic mass is 32.1. The summed E-state index contributed by atoms with van der Waals surface area (Å²) in [6.07, 6.45) is -0.527. The van der Waals surface area contributed by atoms with Gasteiger partial charge >= 0.3 is 5.97 Å². The summed E-state index contributed by atoms with van der Waals surface area (Å²) in [4.78, 5) is 24.6. The third kappa shape index (κ3) is 3.79. The van der Waals surface area contributed by atoms with E-state index in [1.54, 1.807) is 32.6 Å². The number of H-pyrrole nitrogens is 1. The molecule has 7 nitrogen and oxygen atoms in total. The van der Waals surface area contributed by atoms with Gasteiger partial charge in [-0.15, -0.1) is 11.3 Å². The molecule has 29 heavy (non-hydrogen) atoms. The van der Waals surface area contributed by atoms with Gasteiger partial charge in [0.15, 0.2) is 23.3 Å². The second-order valence-corrected chi connectivity index (χ2v) is 7.15. The van der Waals surface area contributed by atoms with Gasteiger partial charge in [0.05, 0.1) is 25.3 Å².